The maximum absolute atomic E-state index is 12.7. The summed E-state index contributed by atoms with van der Waals surface area (Å²) in [5, 5.41) is 18.0. The van der Waals surface area contributed by atoms with Gasteiger partial charge in [-0.05, 0) is 25.3 Å². The SMILES string of the molecule is O=C(c1ccncc1C#CCCO)N(CCO)C1CCC1. The van der Waals surface area contributed by atoms with Gasteiger partial charge in [-0.25, -0.2) is 0 Å². The van der Waals surface area contributed by atoms with Crippen LogP contribution in [0.1, 0.15) is 41.6 Å². The number of pyridine rings is 1. The number of amides is 1. The normalized spacial score (nSPS) is 14.0. The summed E-state index contributed by atoms with van der Waals surface area (Å²) < 4.78 is 0. The van der Waals surface area contributed by atoms with Gasteiger partial charge in [-0.1, -0.05) is 11.8 Å². The molecule has 1 heterocycles. The zero-order chi connectivity index (χ0) is 15.1. The molecule has 1 fully saturated rings. The van der Waals surface area contributed by atoms with Crippen LogP contribution < -0.4 is 0 Å². The van der Waals surface area contributed by atoms with E-state index < -0.39 is 0 Å². The van der Waals surface area contributed by atoms with Crippen LogP contribution in [-0.4, -0.2) is 51.8 Å². The van der Waals surface area contributed by atoms with E-state index in [0.29, 0.717) is 24.1 Å². The van der Waals surface area contributed by atoms with Gasteiger partial charge in [-0.15, -0.1) is 0 Å². The van der Waals surface area contributed by atoms with Crippen molar-refractivity contribution in [3.8, 4) is 11.8 Å². The number of hydrogen-bond donors (Lipinski definition) is 2. The molecule has 21 heavy (non-hydrogen) atoms. The fraction of sp³-hybridized carbons (Fsp3) is 0.500. The van der Waals surface area contributed by atoms with E-state index in [1.54, 1.807) is 23.4 Å². The lowest BCUT2D eigenvalue weighted by atomic mass is 9.90. The molecule has 0 saturated heterocycles. The van der Waals surface area contributed by atoms with Gasteiger partial charge in [0.15, 0.2) is 0 Å². The number of nitrogens with zero attached hydrogens (tertiary/aromatic N) is 2. The van der Waals surface area contributed by atoms with Crippen LogP contribution in [-0.2, 0) is 0 Å². The third-order valence-corrected chi connectivity index (χ3v) is 3.63. The Bertz CT molecular complexity index is 544. The van der Waals surface area contributed by atoms with Crippen molar-refractivity contribution in [1.29, 1.82) is 0 Å². The molecule has 0 bridgehead atoms. The third-order valence-electron chi connectivity index (χ3n) is 3.63. The lowest BCUT2D eigenvalue weighted by Crippen LogP contribution is -2.45. The highest BCUT2D eigenvalue weighted by atomic mass is 16.3. The second-order valence-corrected chi connectivity index (χ2v) is 5.00. The Morgan fingerprint density at radius 2 is 2.19 bits per heavy atom. The Balaban J connectivity index is 2.23. The van der Waals surface area contributed by atoms with Gasteiger partial charge in [0.05, 0.1) is 24.3 Å². The molecule has 2 rings (SSSR count). The van der Waals surface area contributed by atoms with Crippen molar-refractivity contribution < 1.29 is 15.0 Å². The van der Waals surface area contributed by atoms with E-state index in [0.717, 1.165) is 19.3 Å². The van der Waals surface area contributed by atoms with Crippen molar-refractivity contribution in [2.45, 2.75) is 31.7 Å². The largest absolute Gasteiger partial charge is 0.395 e. The molecule has 1 aromatic rings. The fourth-order valence-electron chi connectivity index (χ4n) is 2.30. The van der Waals surface area contributed by atoms with Crippen molar-refractivity contribution in [3.05, 3.63) is 29.6 Å². The summed E-state index contributed by atoms with van der Waals surface area (Å²) in [6, 6.07) is 1.88. The average Bonchev–Trinajstić information content (AvgIpc) is 2.45. The van der Waals surface area contributed by atoms with Gasteiger partial charge in [-0.2, -0.15) is 0 Å². The predicted molar refractivity (Wildman–Crippen MR) is 78.6 cm³/mol. The van der Waals surface area contributed by atoms with Gasteiger partial charge < -0.3 is 15.1 Å². The fourth-order valence-corrected chi connectivity index (χ4v) is 2.30. The highest BCUT2D eigenvalue weighted by Crippen LogP contribution is 2.26. The van der Waals surface area contributed by atoms with Gasteiger partial charge in [-0.3, -0.25) is 9.78 Å². The van der Waals surface area contributed by atoms with Gasteiger partial charge >= 0.3 is 0 Å². The average molecular weight is 288 g/mol. The minimum Gasteiger partial charge on any atom is -0.395 e. The number of carbonyl (C=O) groups is 1. The molecule has 0 spiro atoms. The highest BCUT2D eigenvalue weighted by molar-refractivity contribution is 5.96. The van der Waals surface area contributed by atoms with Crippen LogP contribution >= 0.6 is 0 Å². The first-order valence-corrected chi connectivity index (χ1v) is 7.23. The summed E-state index contributed by atoms with van der Waals surface area (Å²) >= 11 is 0. The zero-order valence-electron chi connectivity index (χ0n) is 12.0. The standard InChI is InChI=1S/C16H20N2O3/c19-10-2-1-4-13-12-17-8-7-15(13)16(21)18(9-11-20)14-5-3-6-14/h7-8,12,14,19-20H,2-3,5-6,9-11H2. The Hall–Kier alpha value is -1.90. The molecule has 0 atom stereocenters. The first-order chi connectivity index (χ1) is 10.3. The van der Waals surface area contributed by atoms with Gasteiger partial charge in [0.2, 0.25) is 0 Å². The molecule has 5 nitrogen and oxygen atoms in total. The molecular formula is C16H20N2O3. The molecule has 1 saturated carbocycles. The summed E-state index contributed by atoms with van der Waals surface area (Å²) in [5.41, 5.74) is 1.08. The number of aliphatic hydroxyl groups is 2. The van der Waals surface area contributed by atoms with Crippen LogP contribution in [0.3, 0.4) is 0 Å². The van der Waals surface area contributed by atoms with E-state index in [-0.39, 0.29) is 25.2 Å². The summed E-state index contributed by atoms with van der Waals surface area (Å²) in [5.74, 6) is 5.59. The van der Waals surface area contributed by atoms with Crippen molar-refractivity contribution in [3.63, 3.8) is 0 Å². The maximum Gasteiger partial charge on any atom is 0.255 e. The van der Waals surface area contributed by atoms with Crippen LogP contribution in [0.15, 0.2) is 18.5 Å². The number of aromatic nitrogens is 1. The van der Waals surface area contributed by atoms with Crippen molar-refractivity contribution in [2.75, 3.05) is 19.8 Å². The molecule has 1 aliphatic rings. The molecule has 112 valence electrons. The van der Waals surface area contributed by atoms with Crippen molar-refractivity contribution in [2.24, 2.45) is 0 Å². The lowest BCUT2D eigenvalue weighted by molar-refractivity contribution is 0.0525. The highest BCUT2D eigenvalue weighted by Gasteiger charge is 2.29. The Labute approximate surface area is 124 Å². The first kappa shape index (κ1) is 15.5. The second-order valence-electron chi connectivity index (χ2n) is 5.00. The minimum absolute atomic E-state index is 0.00471. The number of aliphatic hydroxyl groups excluding tert-OH is 2. The molecule has 1 aliphatic carbocycles. The van der Waals surface area contributed by atoms with E-state index in [1.807, 2.05) is 0 Å². The van der Waals surface area contributed by atoms with Crippen LogP contribution in [0.25, 0.3) is 0 Å². The maximum atomic E-state index is 12.7. The third kappa shape index (κ3) is 3.81. The summed E-state index contributed by atoms with van der Waals surface area (Å²) in [6.07, 6.45) is 6.60. The molecule has 1 aromatic heterocycles. The second kappa shape index (κ2) is 7.77. The van der Waals surface area contributed by atoms with Gasteiger partial charge in [0, 0.05) is 31.4 Å². The quantitative estimate of drug-likeness (QED) is 0.786. The van der Waals surface area contributed by atoms with Crippen molar-refractivity contribution >= 4 is 5.91 Å². The smallest absolute Gasteiger partial charge is 0.255 e. The number of carbonyl (C=O) groups excluding carboxylic acids is 1. The van der Waals surface area contributed by atoms with E-state index in [4.69, 9.17) is 5.11 Å². The minimum atomic E-state index is -0.107. The topological polar surface area (TPSA) is 73.7 Å². The van der Waals surface area contributed by atoms with E-state index in [2.05, 4.69) is 16.8 Å². The molecule has 0 unspecified atom stereocenters. The number of hydrogen-bond acceptors (Lipinski definition) is 4. The molecule has 0 aromatic carbocycles. The summed E-state index contributed by atoms with van der Waals surface area (Å²) in [7, 11) is 0. The van der Waals surface area contributed by atoms with Crippen molar-refractivity contribution in [1.82, 2.24) is 9.88 Å². The summed E-state index contributed by atoms with van der Waals surface area (Å²) in [6.45, 7) is 0.295. The van der Waals surface area contributed by atoms with E-state index >= 15 is 0 Å². The molecule has 5 heteroatoms. The molecular weight excluding hydrogens is 268 g/mol. The Kier molecular flexibility index (Phi) is 5.73. The van der Waals surface area contributed by atoms with E-state index in [9.17, 15) is 9.90 Å². The monoisotopic (exact) mass is 288 g/mol. The molecule has 2 N–H and O–H groups in total. The zero-order valence-corrected chi connectivity index (χ0v) is 12.0. The van der Waals surface area contributed by atoms with Gasteiger partial charge in [0.1, 0.15) is 0 Å². The summed E-state index contributed by atoms with van der Waals surface area (Å²) in [4.78, 5) is 18.4. The van der Waals surface area contributed by atoms with Crippen LogP contribution in [0.4, 0.5) is 0 Å². The first-order valence-electron chi connectivity index (χ1n) is 7.23. The lowest BCUT2D eigenvalue weighted by Gasteiger charge is -2.37. The molecule has 1 amide bonds. The van der Waals surface area contributed by atoms with E-state index in [1.165, 1.54) is 0 Å². The predicted octanol–water partition coefficient (Wildman–Crippen LogP) is 0.802. The van der Waals surface area contributed by atoms with Gasteiger partial charge in [0.25, 0.3) is 5.91 Å². The van der Waals surface area contributed by atoms with Crippen LogP contribution in [0.2, 0.25) is 0 Å². The Morgan fingerprint density at radius 3 is 2.81 bits per heavy atom. The van der Waals surface area contributed by atoms with Crippen LogP contribution in [0.5, 0.6) is 0 Å². The Morgan fingerprint density at radius 1 is 1.38 bits per heavy atom. The van der Waals surface area contributed by atoms with Crippen LogP contribution in [0, 0.1) is 11.8 Å². The molecule has 0 aliphatic heterocycles. The number of rotatable bonds is 5. The molecule has 0 radical (unpaired) electrons.